The summed E-state index contributed by atoms with van der Waals surface area (Å²) in [5.74, 6) is -0.0130. The first-order valence-electron chi connectivity index (χ1n) is 6.70. The van der Waals surface area contributed by atoms with Crippen LogP contribution < -0.4 is 10.5 Å². The molecule has 1 aromatic carbocycles. The number of esters is 1. The van der Waals surface area contributed by atoms with Crippen molar-refractivity contribution in [2.45, 2.75) is 20.5 Å². The summed E-state index contributed by atoms with van der Waals surface area (Å²) in [6, 6.07) is 6.80. The molecule has 2 N–H and O–H groups in total. The molecule has 6 nitrogen and oxygen atoms in total. The first-order valence-corrected chi connectivity index (χ1v) is 6.70. The Bertz CT molecular complexity index is 650. The van der Waals surface area contributed by atoms with Crippen molar-refractivity contribution in [3.05, 3.63) is 41.2 Å². The fourth-order valence-corrected chi connectivity index (χ4v) is 1.99. The summed E-state index contributed by atoms with van der Waals surface area (Å²) in [5, 5.41) is 4.25. The summed E-state index contributed by atoms with van der Waals surface area (Å²) in [6.07, 6.45) is 0. The molecule has 112 valence electrons. The topological polar surface area (TPSA) is 79.4 Å². The number of nitrogen functional groups attached to an aromatic ring is 1. The molecule has 0 saturated heterocycles. The molecule has 1 aromatic heterocycles. The predicted molar refractivity (Wildman–Crippen MR) is 79.1 cm³/mol. The van der Waals surface area contributed by atoms with Crippen molar-refractivity contribution in [2.75, 3.05) is 12.3 Å². The van der Waals surface area contributed by atoms with Crippen molar-refractivity contribution in [1.29, 1.82) is 0 Å². The van der Waals surface area contributed by atoms with Crippen LogP contribution in [0.4, 0.5) is 5.69 Å². The molecule has 2 aromatic rings. The maximum Gasteiger partial charge on any atom is 0.341 e. The van der Waals surface area contributed by atoms with E-state index in [0.29, 0.717) is 30.2 Å². The summed E-state index contributed by atoms with van der Waals surface area (Å²) in [6.45, 7) is 4.28. The fourth-order valence-electron chi connectivity index (χ4n) is 1.99. The number of carbonyl (C=O) groups excluding carboxylic acids is 1. The van der Waals surface area contributed by atoms with Gasteiger partial charge in [-0.2, -0.15) is 5.10 Å². The number of anilines is 1. The lowest BCUT2D eigenvalue weighted by molar-refractivity contribution is 0.0521. The largest absolute Gasteiger partial charge is 0.486 e. The SMILES string of the molecule is CCOC(=O)c1ccc(N)cc1OCc1cc(C)nn1C. The van der Waals surface area contributed by atoms with Gasteiger partial charge in [0.1, 0.15) is 17.9 Å². The summed E-state index contributed by atoms with van der Waals surface area (Å²) >= 11 is 0. The van der Waals surface area contributed by atoms with Gasteiger partial charge >= 0.3 is 5.97 Å². The minimum absolute atomic E-state index is 0.299. The van der Waals surface area contributed by atoms with E-state index >= 15 is 0 Å². The molecule has 0 aliphatic carbocycles. The molecule has 0 saturated carbocycles. The number of nitrogens with two attached hydrogens (primary N) is 1. The second kappa shape index (κ2) is 6.30. The predicted octanol–water partition coefficient (Wildman–Crippen LogP) is 2.07. The molecule has 0 aliphatic heterocycles. The second-order valence-corrected chi connectivity index (χ2v) is 4.67. The van der Waals surface area contributed by atoms with Crippen LogP contribution in [0.2, 0.25) is 0 Å². The van der Waals surface area contributed by atoms with E-state index in [1.165, 1.54) is 0 Å². The molecule has 6 heteroatoms. The van der Waals surface area contributed by atoms with E-state index in [1.807, 2.05) is 20.0 Å². The van der Waals surface area contributed by atoms with Gasteiger partial charge in [0, 0.05) is 18.8 Å². The minimum atomic E-state index is -0.423. The summed E-state index contributed by atoms with van der Waals surface area (Å²) < 4.78 is 12.5. The van der Waals surface area contributed by atoms with Crippen molar-refractivity contribution < 1.29 is 14.3 Å². The molecule has 0 unspecified atom stereocenters. The lowest BCUT2D eigenvalue weighted by Crippen LogP contribution is -2.09. The molecular formula is C15H19N3O3. The monoisotopic (exact) mass is 289 g/mol. The number of hydrogen-bond donors (Lipinski definition) is 1. The van der Waals surface area contributed by atoms with Crippen LogP contribution in [0.1, 0.15) is 28.7 Å². The van der Waals surface area contributed by atoms with E-state index in [9.17, 15) is 4.79 Å². The molecule has 1 heterocycles. The molecule has 0 bridgehead atoms. The minimum Gasteiger partial charge on any atom is -0.486 e. The normalized spacial score (nSPS) is 10.4. The van der Waals surface area contributed by atoms with Crippen LogP contribution in [0, 0.1) is 6.92 Å². The van der Waals surface area contributed by atoms with E-state index in [0.717, 1.165) is 11.4 Å². The molecule has 0 amide bonds. The van der Waals surface area contributed by atoms with E-state index in [1.54, 1.807) is 29.8 Å². The number of rotatable bonds is 5. The third kappa shape index (κ3) is 3.53. The number of benzene rings is 1. The highest BCUT2D eigenvalue weighted by Gasteiger charge is 2.15. The highest BCUT2D eigenvalue weighted by atomic mass is 16.5. The van der Waals surface area contributed by atoms with Gasteiger partial charge < -0.3 is 15.2 Å². The van der Waals surface area contributed by atoms with Gasteiger partial charge in [-0.1, -0.05) is 0 Å². The van der Waals surface area contributed by atoms with Gasteiger partial charge in [0.05, 0.1) is 18.0 Å². The first kappa shape index (κ1) is 14.9. The standard InChI is InChI=1S/C15H19N3O3/c1-4-20-15(19)13-6-5-11(16)8-14(13)21-9-12-7-10(2)17-18(12)3/h5-8H,4,9,16H2,1-3H3. The van der Waals surface area contributed by atoms with E-state index in [4.69, 9.17) is 15.2 Å². The Morgan fingerprint density at radius 2 is 2.14 bits per heavy atom. The van der Waals surface area contributed by atoms with Gasteiger partial charge in [-0.05, 0) is 32.0 Å². The van der Waals surface area contributed by atoms with Gasteiger partial charge in [0.15, 0.2) is 0 Å². The Balaban J connectivity index is 2.20. The Hall–Kier alpha value is -2.50. The maximum absolute atomic E-state index is 11.9. The average molecular weight is 289 g/mol. The van der Waals surface area contributed by atoms with E-state index in [-0.39, 0.29) is 0 Å². The Morgan fingerprint density at radius 3 is 2.76 bits per heavy atom. The van der Waals surface area contributed by atoms with Crippen molar-refractivity contribution in [2.24, 2.45) is 7.05 Å². The Labute approximate surface area is 123 Å². The van der Waals surface area contributed by atoms with E-state index < -0.39 is 5.97 Å². The zero-order chi connectivity index (χ0) is 15.4. The van der Waals surface area contributed by atoms with Crippen LogP contribution in [0.3, 0.4) is 0 Å². The summed E-state index contributed by atoms with van der Waals surface area (Å²) in [5.41, 5.74) is 8.47. The number of aryl methyl sites for hydroxylation is 2. The lowest BCUT2D eigenvalue weighted by Gasteiger charge is -2.11. The molecule has 0 spiro atoms. The fraction of sp³-hybridized carbons (Fsp3) is 0.333. The number of nitrogens with zero attached hydrogens (tertiary/aromatic N) is 2. The van der Waals surface area contributed by atoms with Crippen LogP contribution >= 0.6 is 0 Å². The van der Waals surface area contributed by atoms with Crippen molar-refractivity contribution in [1.82, 2.24) is 9.78 Å². The number of hydrogen-bond acceptors (Lipinski definition) is 5. The Morgan fingerprint density at radius 1 is 1.38 bits per heavy atom. The van der Waals surface area contributed by atoms with Gasteiger partial charge in [-0.25, -0.2) is 4.79 Å². The average Bonchev–Trinajstić information content (AvgIpc) is 2.75. The second-order valence-electron chi connectivity index (χ2n) is 4.67. The van der Waals surface area contributed by atoms with Crippen LogP contribution in [0.15, 0.2) is 24.3 Å². The summed E-state index contributed by atoms with van der Waals surface area (Å²) in [7, 11) is 1.84. The van der Waals surface area contributed by atoms with Crippen LogP contribution in [0.25, 0.3) is 0 Å². The zero-order valence-electron chi connectivity index (χ0n) is 12.4. The number of carbonyl (C=O) groups is 1. The highest BCUT2D eigenvalue weighted by molar-refractivity contribution is 5.93. The van der Waals surface area contributed by atoms with Gasteiger partial charge in [0.25, 0.3) is 0 Å². The molecular weight excluding hydrogens is 270 g/mol. The maximum atomic E-state index is 11.9. The smallest absolute Gasteiger partial charge is 0.341 e. The lowest BCUT2D eigenvalue weighted by atomic mass is 10.2. The van der Waals surface area contributed by atoms with Gasteiger partial charge in [-0.3, -0.25) is 4.68 Å². The van der Waals surface area contributed by atoms with Crippen molar-refractivity contribution in [3.8, 4) is 5.75 Å². The molecule has 0 radical (unpaired) electrons. The van der Waals surface area contributed by atoms with E-state index in [2.05, 4.69) is 5.10 Å². The molecule has 0 fully saturated rings. The Kier molecular flexibility index (Phi) is 4.47. The number of ether oxygens (including phenoxy) is 2. The third-order valence-corrected chi connectivity index (χ3v) is 2.98. The molecule has 2 rings (SSSR count). The van der Waals surface area contributed by atoms with Crippen LogP contribution in [-0.2, 0) is 18.4 Å². The first-order chi connectivity index (χ1) is 10.0. The quantitative estimate of drug-likeness (QED) is 0.673. The van der Waals surface area contributed by atoms with Gasteiger partial charge in [0.2, 0.25) is 0 Å². The van der Waals surface area contributed by atoms with Crippen molar-refractivity contribution >= 4 is 11.7 Å². The number of aromatic nitrogens is 2. The van der Waals surface area contributed by atoms with Crippen LogP contribution in [-0.4, -0.2) is 22.4 Å². The summed E-state index contributed by atoms with van der Waals surface area (Å²) in [4.78, 5) is 11.9. The highest BCUT2D eigenvalue weighted by Crippen LogP contribution is 2.24. The van der Waals surface area contributed by atoms with Crippen LogP contribution in [0.5, 0.6) is 5.75 Å². The third-order valence-electron chi connectivity index (χ3n) is 2.98. The molecule has 0 aliphatic rings. The molecule has 0 atom stereocenters. The molecule has 21 heavy (non-hydrogen) atoms. The van der Waals surface area contributed by atoms with Crippen molar-refractivity contribution in [3.63, 3.8) is 0 Å². The zero-order valence-corrected chi connectivity index (χ0v) is 12.4. The van der Waals surface area contributed by atoms with Gasteiger partial charge in [-0.15, -0.1) is 0 Å².